The smallest absolute Gasteiger partial charge is 0.256 e. The van der Waals surface area contributed by atoms with Gasteiger partial charge in [0.25, 0.3) is 5.91 Å². The van der Waals surface area contributed by atoms with E-state index in [2.05, 4.69) is 5.32 Å². The van der Waals surface area contributed by atoms with Crippen molar-refractivity contribution in [1.82, 2.24) is 0 Å². The molecule has 1 atom stereocenters. The highest BCUT2D eigenvalue weighted by Crippen LogP contribution is 2.28. The number of carbonyl (C=O) groups is 1. The molecule has 1 heterocycles. The average molecular weight is 250 g/mol. The molecule has 5 heteroatoms. The van der Waals surface area contributed by atoms with Crippen molar-refractivity contribution >= 4 is 17.3 Å². The molecule has 1 aliphatic heterocycles. The first-order valence-corrected chi connectivity index (χ1v) is 5.94. The van der Waals surface area contributed by atoms with E-state index in [-0.39, 0.29) is 5.91 Å². The summed E-state index contributed by atoms with van der Waals surface area (Å²) in [7, 11) is 1.55. The maximum atomic E-state index is 12.1. The van der Waals surface area contributed by atoms with E-state index < -0.39 is 5.60 Å². The van der Waals surface area contributed by atoms with Crippen molar-refractivity contribution in [2.75, 3.05) is 24.8 Å². The van der Waals surface area contributed by atoms with Crippen molar-refractivity contribution < 1.29 is 14.3 Å². The quantitative estimate of drug-likeness (QED) is 0.802. The van der Waals surface area contributed by atoms with Gasteiger partial charge in [0.1, 0.15) is 11.4 Å². The number of amides is 1. The van der Waals surface area contributed by atoms with Gasteiger partial charge in [-0.3, -0.25) is 4.79 Å². The van der Waals surface area contributed by atoms with Crippen molar-refractivity contribution in [2.24, 2.45) is 0 Å². The Hall–Kier alpha value is -1.75. The molecule has 5 nitrogen and oxygen atoms in total. The first-order valence-electron chi connectivity index (χ1n) is 5.94. The monoisotopic (exact) mass is 250 g/mol. The lowest BCUT2D eigenvalue weighted by Crippen LogP contribution is -2.39. The largest absolute Gasteiger partial charge is 0.495 e. The number of nitrogens with one attached hydrogen (secondary N) is 1. The molecule has 3 N–H and O–H groups in total. The standard InChI is InChI=1S/C13H18N2O3/c1-13(6-3-7-18-13)12(16)15-9-4-5-11(17-2)10(14)8-9/h4-5,8H,3,6-7,14H2,1-2H3,(H,15,16). The lowest BCUT2D eigenvalue weighted by molar-refractivity contribution is -0.133. The van der Waals surface area contributed by atoms with Gasteiger partial charge in [-0.05, 0) is 38.0 Å². The molecule has 0 spiro atoms. The van der Waals surface area contributed by atoms with E-state index in [1.54, 1.807) is 25.3 Å². The zero-order valence-electron chi connectivity index (χ0n) is 10.7. The molecule has 1 unspecified atom stereocenters. The van der Waals surface area contributed by atoms with Crippen LogP contribution in [-0.4, -0.2) is 25.2 Å². The second-order valence-corrected chi connectivity index (χ2v) is 4.59. The SMILES string of the molecule is COc1ccc(NC(=O)C2(C)CCCO2)cc1N. The van der Waals surface area contributed by atoms with Gasteiger partial charge >= 0.3 is 0 Å². The Morgan fingerprint density at radius 2 is 2.33 bits per heavy atom. The maximum absolute atomic E-state index is 12.1. The first-order chi connectivity index (χ1) is 8.55. The van der Waals surface area contributed by atoms with E-state index in [4.69, 9.17) is 15.2 Å². The van der Waals surface area contributed by atoms with E-state index in [0.717, 1.165) is 12.8 Å². The molecule has 1 amide bonds. The van der Waals surface area contributed by atoms with Gasteiger partial charge in [-0.15, -0.1) is 0 Å². The van der Waals surface area contributed by atoms with E-state index >= 15 is 0 Å². The molecule has 1 aliphatic rings. The molecule has 0 aliphatic carbocycles. The van der Waals surface area contributed by atoms with Crippen LogP contribution in [0.15, 0.2) is 18.2 Å². The molecule has 0 radical (unpaired) electrons. The minimum absolute atomic E-state index is 0.135. The highest BCUT2D eigenvalue weighted by atomic mass is 16.5. The fourth-order valence-electron chi connectivity index (χ4n) is 2.03. The number of methoxy groups -OCH3 is 1. The van der Waals surface area contributed by atoms with Gasteiger partial charge in [0.15, 0.2) is 0 Å². The van der Waals surface area contributed by atoms with E-state index in [1.807, 2.05) is 6.92 Å². The minimum Gasteiger partial charge on any atom is -0.495 e. The number of hydrogen-bond donors (Lipinski definition) is 2. The molecule has 1 saturated heterocycles. The number of rotatable bonds is 3. The zero-order chi connectivity index (χ0) is 13.2. The van der Waals surface area contributed by atoms with Crippen LogP contribution in [0.2, 0.25) is 0 Å². The van der Waals surface area contributed by atoms with Crippen molar-refractivity contribution in [3.05, 3.63) is 18.2 Å². The molecule has 1 aromatic rings. The average Bonchev–Trinajstić information content (AvgIpc) is 2.78. The molecular weight excluding hydrogens is 232 g/mol. The molecule has 0 aromatic heterocycles. The molecule has 98 valence electrons. The van der Waals surface area contributed by atoms with Gasteiger partial charge in [-0.1, -0.05) is 0 Å². The van der Waals surface area contributed by atoms with Crippen LogP contribution in [0, 0.1) is 0 Å². The van der Waals surface area contributed by atoms with Crippen LogP contribution in [-0.2, 0) is 9.53 Å². The highest BCUT2D eigenvalue weighted by molar-refractivity contribution is 5.97. The van der Waals surface area contributed by atoms with Gasteiger partial charge < -0.3 is 20.5 Å². The summed E-state index contributed by atoms with van der Waals surface area (Å²) in [5.41, 5.74) is 6.20. The Kier molecular flexibility index (Phi) is 3.43. The third-order valence-electron chi connectivity index (χ3n) is 3.19. The lowest BCUT2D eigenvalue weighted by Gasteiger charge is -2.22. The van der Waals surface area contributed by atoms with Crippen molar-refractivity contribution in [3.63, 3.8) is 0 Å². The number of hydrogen-bond acceptors (Lipinski definition) is 4. The van der Waals surface area contributed by atoms with E-state index in [0.29, 0.717) is 23.7 Å². The summed E-state index contributed by atoms with van der Waals surface area (Å²) in [6.07, 6.45) is 1.65. The second-order valence-electron chi connectivity index (χ2n) is 4.59. The summed E-state index contributed by atoms with van der Waals surface area (Å²) in [5, 5.41) is 2.82. The predicted molar refractivity (Wildman–Crippen MR) is 69.6 cm³/mol. The molecular formula is C13H18N2O3. The number of nitrogens with two attached hydrogens (primary N) is 1. The van der Waals surface area contributed by atoms with Crippen LogP contribution in [0.3, 0.4) is 0 Å². The summed E-state index contributed by atoms with van der Waals surface area (Å²) < 4.78 is 10.5. The molecule has 18 heavy (non-hydrogen) atoms. The fourth-order valence-corrected chi connectivity index (χ4v) is 2.03. The van der Waals surface area contributed by atoms with Gasteiger partial charge in [0, 0.05) is 12.3 Å². The topological polar surface area (TPSA) is 73.6 Å². The number of anilines is 2. The molecule has 1 aromatic carbocycles. The van der Waals surface area contributed by atoms with Crippen LogP contribution >= 0.6 is 0 Å². The summed E-state index contributed by atoms with van der Waals surface area (Å²) in [4.78, 5) is 12.1. The normalized spacial score (nSPS) is 22.8. The van der Waals surface area contributed by atoms with Crippen molar-refractivity contribution in [3.8, 4) is 5.75 Å². The van der Waals surface area contributed by atoms with Gasteiger partial charge in [-0.2, -0.15) is 0 Å². The number of benzene rings is 1. The number of nitrogen functional groups attached to an aromatic ring is 1. The Morgan fingerprint density at radius 1 is 1.56 bits per heavy atom. The number of ether oxygens (including phenoxy) is 2. The lowest BCUT2D eigenvalue weighted by atomic mass is 10.0. The van der Waals surface area contributed by atoms with Crippen LogP contribution in [0.25, 0.3) is 0 Å². The Bertz CT molecular complexity index is 454. The zero-order valence-corrected chi connectivity index (χ0v) is 10.7. The van der Waals surface area contributed by atoms with Crippen LogP contribution in [0.4, 0.5) is 11.4 Å². The summed E-state index contributed by atoms with van der Waals surface area (Å²) in [6.45, 7) is 2.44. The Labute approximate surface area is 106 Å². The molecule has 2 rings (SSSR count). The van der Waals surface area contributed by atoms with Crippen molar-refractivity contribution in [1.29, 1.82) is 0 Å². The molecule has 1 fully saturated rings. The Morgan fingerprint density at radius 3 is 2.89 bits per heavy atom. The van der Waals surface area contributed by atoms with E-state index in [1.165, 1.54) is 0 Å². The van der Waals surface area contributed by atoms with Crippen LogP contribution < -0.4 is 15.8 Å². The van der Waals surface area contributed by atoms with Crippen LogP contribution in [0.1, 0.15) is 19.8 Å². The third-order valence-corrected chi connectivity index (χ3v) is 3.19. The maximum Gasteiger partial charge on any atom is 0.256 e. The minimum atomic E-state index is -0.727. The van der Waals surface area contributed by atoms with Gasteiger partial charge in [0.05, 0.1) is 12.8 Å². The van der Waals surface area contributed by atoms with E-state index in [9.17, 15) is 4.79 Å². The Balaban J connectivity index is 2.09. The van der Waals surface area contributed by atoms with Gasteiger partial charge in [-0.25, -0.2) is 0 Å². The fraction of sp³-hybridized carbons (Fsp3) is 0.462. The molecule has 0 bridgehead atoms. The summed E-state index contributed by atoms with van der Waals surface area (Å²) >= 11 is 0. The van der Waals surface area contributed by atoms with Crippen LogP contribution in [0.5, 0.6) is 5.75 Å². The second kappa shape index (κ2) is 4.86. The van der Waals surface area contributed by atoms with Gasteiger partial charge in [0.2, 0.25) is 0 Å². The highest BCUT2D eigenvalue weighted by Gasteiger charge is 2.37. The van der Waals surface area contributed by atoms with Crippen molar-refractivity contribution in [2.45, 2.75) is 25.4 Å². The number of carbonyl (C=O) groups excluding carboxylic acids is 1. The summed E-state index contributed by atoms with van der Waals surface area (Å²) in [5.74, 6) is 0.459. The first kappa shape index (κ1) is 12.7. The third kappa shape index (κ3) is 2.41. The predicted octanol–water partition coefficient (Wildman–Crippen LogP) is 1.78. The molecule has 0 saturated carbocycles. The summed E-state index contributed by atoms with van der Waals surface area (Å²) in [6, 6.07) is 5.16.